The summed E-state index contributed by atoms with van der Waals surface area (Å²) >= 11 is 0. The van der Waals surface area contributed by atoms with Gasteiger partial charge in [-0.1, -0.05) is 24.3 Å². The average molecular weight is 268 g/mol. The Hall–Kier alpha value is -2.67. The molecule has 0 radical (unpaired) electrons. The second-order valence-corrected chi connectivity index (χ2v) is 4.41. The van der Waals surface area contributed by atoms with Gasteiger partial charge in [-0.25, -0.2) is 4.39 Å². The van der Waals surface area contributed by atoms with E-state index in [1.54, 1.807) is 43.3 Å². The maximum Gasteiger partial charge on any atom is 0.251 e. The maximum absolute atomic E-state index is 13.6. The first-order valence-corrected chi connectivity index (χ1v) is 6.17. The molecule has 2 aromatic carbocycles. The van der Waals surface area contributed by atoms with Crippen LogP contribution in [0.1, 0.15) is 34.5 Å². The molecular formula is C16H13FN2O. The lowest BCUT2D eigenvalue weighted by atomic mass is 10.1. The summed E-state index contributed by atoms with van der Waals surface area (Å²) < 4.78 is 13.6. The van der Waals surface area contributed by atoms with Gasteiger partial charge < -0.3 is 5.32 Å². The molecule has 2 rings (SSSR count). The smallest absolute Gasteiger partial charge is 0.251 e. The zero-order valence-corrected chi connectivity index (χ0v) is 10.9. The Kier molecular flexibility index (Phi) is 4.11. The molecule has 0 bridgehead atoms. The summed E-state index contributed by atoms with van der Waals surface area (Å²) in [5.41, 5.74) is 1.22. The molecule has 0 spiro atoms. The van der Waals surface area contributed by atoms with Crippen molar-refractivity contribution in [3.8, 4) is 6.07 Å². The fraction of sp³-hybridized carbons (Fsp3) is 0.125. The summed E-state index contributed by atoms with van der Waals surface area (Å²) in [6, 6.07) is 14.2. The van der Waals surface area contributed by atoms with Crippen LogP contribution in [0.5, 0.6) is 0 Å². The zero-order chi connectivity index (χ0) is 14.5. The van der Waals surface area contributed by atoms with Crippen molar-refractivity contribution in [2.24, 2.45) is 0 Å². The molecule has 4 heteroatoms. The molecule has 0 saturated heterocycles. The maximum atomic E-state index is 13.6. The molecule has 0 saturated carbocycles. The van der Waals surface area contributed by atoms with Gasteiger partial charge in [-0.2, -0.15) is 5.26 Å². The molecule has 0 aromatic heterocycles. The monoisotopic (exact) mass is 268 g/mol. The Bertz CT molecular complexity index is 676. The number of halogens is 1. The summed E-state index contributed by atoms with van der Waals surface area (Å²) in [6.07, 6.45) is 0. The van der Waals surface area contributed by atoms with Crippen molar-refractivity contribution >= 4 is 5.91 Å². The fourth-order valence-electron chi connectivity index (χ4n) is 1.91. The molecule has 0 aliphatic heterocycles. The van der Waals surface area contributed by atoms with Gasteiger partial charge in [0.05, 0.1) is 17.7 Å². The Morgan fingerprint density at radius 3 is 2.70 bits per heavy atom. The first-order valence-electron chi connectivity index (χ1n) is 6.17. The van der Waals surface area contributed by atoms with E-state index in [4.69, 9.17) is 5.26 Å². The van der Waals surface area contributed by atoms with E-state index < -0.39 is 6.04 Å². The van der Waals surface area contributed by atoms with E-state index >= 15 is 0 Å². The van der Waals surface area contributed by atoms with Crippen LogP contribution < -0.4 is 5.32 Å². The molecule has 0 heterocycles. The van der Waals surface area contributed by atoms with Gasteiger partial charge in [0.1, 0.15) is 5.82 Å². The van der Waals surface area contributed by atoms with Crippen molar-refractivity contribution in [3.05, 3.63) is 71.0 Å². The number of amides is 1. The molecule has 2 aromatic rings. The lowest BCUT2D eigenvalue weighted by molar-refractivity contribution is 0.0939. The third-order valence-corrected chi connectivity index (χ3v) is 2.97. The predicted octanol–water partition coefficient (Wildman–Crippen LogP) is 3.19. The SMILES string of the molecule is C[C@@H](NC(=O)c1cccc(C#N)c1)c1ccccc1F. The summed E-state index contributed by atoms with van der Waals surface area (Å²) in [7, 11) is 0. The Morgan fingerprint density at radius 1 is 1.25 bits per heavy atom. The van der Waals surface area contributed by atoms with Crippen LogP contribution in [0.25, 0.3) is 0 Å². The minimum Gasteiger partial charge on any atom is -0.345 e. The van der Waals surface area contributed by atoms with E-state index in [-0.39, 0.29) is 11.7 Å². The predicted molar refractivity (Wildman–Crippen MR) is 73.4 cm³/mol. The van der Waals surface area contributed by atoms with Crippen LogP contribution in [-0.2, 0) is 0 Å². The number of nitrogens with zero attached hydrogens (tertiary/aromatic N) is 1. The lowest BCUT2D eigenvalue weighted by Gasteiger charge is -2.15. The molecule has 3 nitrogen and oxygen atoms in total. The highest BCUT2D eigenvalue weighted by atomic mass is 19.1. The van der Waals surface area contributed by atoms with Gasteiger partial charge in [-0.05, 0) is 31.2 Å². The highest BCUT2D eigenvalue weighted by Crippen LogP contribution is 2.16. The number of rotatable bonds is 3. The van der Waals surface area contributed by atoms with E-state index in [1.807, 2.05) is 6.07 Å². The molecule has 0 unspecified atom stereocenters. The second-order valence-electron chi connectivity index (χ2n) is 4.41. The minimum atomic E-state index is -0.450. The van der Waals surface area contributed by atoms with Crippen LogP contribution in [-0.4, -0.2) is 5.91 Å². The summed E-state index contributed by atoms with van der Waals surface area (Å²) in [4.78, 5) is 12.1. The average Bonchev–Trinajstić information content (AvgIpc) is 2.47. The van der Waals surface area contributed by atoms with Gasteiger partial charge in [-0.15, -0.1) is 0 Å². The van der Waals surface area contributed by atoms with E-state index in [0.29, 0.717) is 16.7 Å². The van der Waals surface area contributed by atoms with Gasteiger partial charge >= 0.3 is 0 Å². The Morgan fingerprint density at radius 2 is 2.00 bits per heavy atom. The van der Waals surface area contributed by atoms with Crippen LogP contribution in [0.3, 0.4) is 0 Å². The van der Waals surface area contributed by atoms with Crippen molar-refractivity contribution in [1.82, 2.24) is 5.32 Å². The van der Waals surface area contributed by atoms with E-state index in [2.05, 4.69) is 5.32 Å². The van der Waals surface area contributed by atoms with Crippen LogP contribution in [0.4, 0.5) is 4.39 Å². The van der Waals surface area contributed by atoms with Gasteiger partial charge in [-0.3, -0.25) is 4.79 Å². The molecule has 1 atom stereocenters. The largest absolute Gasteiger partial charge is 0.345 e. The molecule has 1 N–H and O–H groups in total. The number of carbonyl (C=O) groups excluding carboxylic acids is 1. The topological polar surface area (TPSA) is 52.9 Å². The van der Waals surface area contributed by atoms with Crippen molar-refractivity contribution < 1.29 is 9.18 Å². The summed E-state index contributed by atoms with van der Waals surface area (Å²) in [5.74, 6) is -0.691. The third-order valence-electron chi connectivity index (χ3n) is 2.97. The molecule has 1 amide bonds. The number of carbonyl (C=O) groups is 1. The van der Waals surface area contributed by atoms with E-state index in [0.717, 1.165) is 0 Å². The highest BCUT2D eigenvalue weighted by Gasteiger charge is 2.14. The molecule has 0 fully saturated rings. The number of hydrogen-bond acceptors (Lipinski definition) is 2. The Labute approximate surface area is 116 Å². The van der Waals surface area contributed by atoms with Crippen LogP contribution in [0.2, 0.25) is 0 Å². The summed E-state index contributed by atoms with van der Waals surface area (Å²) in [5, 5.41) is 11.5. The van der Waals surface area contributed by atoms with Crippen molar-refractivity contribution in [1.29, 1.82) is 5.26 Å². The van der Waals surface area contributed by atoms with Gasteiger partial charge in [0.25, 0.3) is 5.91 Å². The molecule has 100 valence electrons. The van der Waals surface area contributed by atoms with Crippen molar-refractivity contribution in [2.45, 2.75) is 13.0 Å². The molecule has 0 aliphatic rings. The van der Waals surface area contributed by atoms with Crippen molar-refractivity contribution in [2.75, 3.05) is 0 Å². The van der Waals surface area contributed by atoms with Gasteiger partial charge in [0, 0.05) is 11.1 Å². The fourth-order valence-corrected chi connectivity index (χ4v) is 1.91. The highest BCUT2D eigenvalue weighted by molar-refractivity contribution is 5.94. The lowest BCUT2D eigenvalue weighted by Crippen LogP contribution is -2.27. The normalized spacial score (nSPS) is 11.4. The first kappa shape index (κ1) is 13.8. The molecule has 20 heavy (non-hydrogen) atoms. The number of hydrogen-bond donors (Lipinski definition) is 1. The van der Waals surface area contributed by atoms with Crippen LogP contribution in [0.15, 0.2) is 48.5 Å². The number of nitriles is 1. The minimum absolute atomic E-state index is 0.335. The molecular weight excluding hydrogens is 255 g/mol. The zero-order valence-electron chi connectivity index (χ0n) is 10.9. The Balaban J connectivity index is 2.15. The number of benzene rings is 2. The van der Waals surface area contributed by atoms with E-state index in [9.17, 15) is 9.18 Å². The first-order chi connectivity index (χ1) is 9.61. The number of nitrogens with one attached hydrogen (secondary N) is 1. The third kappa shape index (κ3) is 3.01. The second kappa shape index (κ2) is 5.98. The van der Waals surface area contributed by atoms with Gasteiger partial charge in [0.2, 0.25) is 0 Å². The molecule has 0 aliphatic carbocycles. The van der Waals surface area contributed by atoms with E-state index in [1.165, 1.54) is 12.1 Å². The summed E-state index contributed by atoms with van der Waals surface area (Å²) in [6.45, 7) is 1.71. The van der Waals surface area contributed by atoms with Crippen molar-refractivity contribution in [3.63, 3.8) is 0 Å². The van der Waals surface area contributed by atoms with Gasteiger partial charge in [0.15, 0.2) is 0 Å². The van der Waals surface area contributed by atoms with Crippen LogP contribution >= 0.6 is 0 Å². The van der Waals surface area contributed by atoms with Crippen LogP contribution in [0, 0.1) is 17.1 Å². The standard InChI is InChI=1S/C16H13FN2O/c1-11(14-7-2-3-8-15(14)17)19-16(20)13-6-4-5-12(9-13)10-18/h2-9,11H,1H3,(H,19,20)/t11-/m1/s1. The quantitative estimate of drug-likeness (QED) is 0.929.